The summed E-state index contributed by atoms with van der Waals surface area (Å²) in [5.41, 5.74) is 1.74. The predicted octanol–water partition coefficient (Wildman–Crippen LogP) is 2.38. The van der Waals surface area contributed by atoms with E-state index in [1.807, 2.05) is 13.0 Å². The number of halogens is 1. The van der Waals surface area contributed by atoms with E-state index in [0.717, 1.165) is 17.8 Å². The minimum Gasteiger partial charge on any atom is -0.360 e. The Kier molecular flexibility index (Phi) is 3.79. The fourth-order valence-corrected chi connectivity index (χ4v) is 4.12. The number of aromatic nitrogens is 3. The van der Waals surface area contributed by atoms with E-state index >= 15 is 0 Å². The minimum absolute atomic E-state index is 0.00265. The average Bonchev–Trinajstić information content (AvgIpc) is 2.88. The topological polar surface area (TPSA) is 67.6 Å². The van der Waals surface area contributed by atoms with E-state index in [2.05, 4.69) is 10.1 Å². The Hall–Kier alpha value is -2.48. The first-order valence-corrected chi connectivity index (χ1v) is 8.75. The largest absolute Gasteiger partial charge is 0.360 e. The zero-order valence-electron chi connectivity index (χ0n) is 13.8. The molecule has 0 saturated heterocycles. The van der Waals surface area contributed by atoms with Crippen LogP contribution >= 0.6 is 0 Å². The van der Waals surface area contributed by atoms with E-state index in [1.54, 1.807) is 25.9 Å². The summed E-state index contributed by atoms with van der Waals surface area (Å²) in [5, 5.41) is 4.39. The van der Waals surface area contributed by atoms with E-state index in [1.165, 1.54) is 16.6 Å². The third-order valence-corrected chi connectivity index (χ3v) is 5.45. The van der Waals surface area contributed by atoms with Crippen molar-refractivity contribution < 1.29 is 12.8 Å². The van der Waals surface area contributed by atoms with Crippen molar-refractivity contribution in [1.29, 1.82) is 0 Å². The van der Waals surface area contributed by atoms with E-state index < -0.39 is 15.7 Å². The first-order chi connectivity index (χ1) is 11.2. The van der Waals surface area contributed by atoms with Crippen molar-refractivity contribution in [2.24, 2.45) is 0 Å². The third-order valence-electron chi connectivity index (χ3n) is 3.65. The predicted molar refractivity (Wildman–Crippen MR) is 88.6 cm³/mol. The van der Waals surface area contributed by atoms with E-state index in [0.29, 0.717) is 11.5 Å². The van der Waals surface area contributed by atoms with Gasteiger partial charge in [0, 0.05) is 25.5 Å². The zero-order chi connectivity index (χ0) is 17.6. The molecule has 0 aliphatic rings. The zero-order valence-corrected chi connectivity index (χ0v) is 14.6. The lowest BCUT2D eigenvalue weighted by atomic mass is 10.3. The molecule has 0 radical (unpaired) electrons. The van der Waals surface area contributed by atoms with Gasteiger partial charge in [-0.2, -0.15) is 0 Å². The van der Waals surface area contributed by atoms with Crippen molar-refractivity contribution in [2.45, 2.75) is 23.6 Å². The van der Waals surface area contributed by atoms with Crippen LogP contribution < -0.4 is 4.90 Å². The molecule has 0 saturated carbocycles. The van der Waals surface area contributed by atoms with Crippen LogP contribution in [-0.4, -0.2) is 37.1 Å². The van der Waals surface area contributed by atoms with Gasteiger partial charge in [-0.25, -0.2) is 22.3 Å². The maximum absolute atomic E-state index is 13.2. The second-order valence-corrected chi connectivity index (χ2v) is 7.67. The van der Waals surface area contributed by atoms with Crippen LogP contribution in [0.4, 0.5) is 10.2 Å². The van der Waals surface area contributed by atoms with Crippen molar-refractivity contribution in [1.82, 2.24) is 14.6 Å². The number of aryl methyl sites for hydroxylation is 2. The van der Waals surface area contributed by atoms with Crippen LogP contribution in [0.2, 0.25) is 0 Å². The fraction of sp³-hybridized carbons (Fsp3) is 0.250. The lowest BCUT2D eigenvalue weighted by Gasteiger charge is -2.11. The summed E-state index contributed by atoms with van der Waals surface area (Å²) in [7, 11) is -0.471. The second-order valence-electron chi connectivity index (χ2n) is 5.78. The van der Waals surface area contributed by atoms with E-state index in [-0.39, 0.29) is 15.4 Å². The van der Waals surface area contributed by atoms with Crippen molar-refractivity contribution in [3.05, 3.63) is 47.5 Å². The lowest BCUT2D eigenvalue weighted by Crippen LogP contribution is -2.14. The summed E-state index contributed by atoms with van der Waals surface area (Å²) in [6.45, 7) is 3.63. The van der Waals surface area contributed by atoms with Gasteiger partial charge in [-0.05, 0) is 44.2 Å². The van der Waals surface area contributed by atoms with Crippen LogP contribution in [0.25, 0.3) is 5.65 Å². The molecule has 0 aliphatic carbocycles. The van der Waals surface area contributed by atoms with Gasteiger partial charge in [0.05, 0.1) is 4.90 Å². The van der Waals surface area contributed by atoms with Crippen LogP contribution in [0.3, 0.4) is 0 Å². The van der Waals surface area contributed by atoms with Crippen molar-refractivity contribution in [3.63, 3.8) is 0 Å². The van der Waals surface area contributed by atoms with Crippen molar-refractivity contribution in [2.75, 3.05) is 19.0 Å². The summed E-state index contributed by atoms with van der Waals surface area (Å²) in [6.07, 6.45) is 0. The molecule has 126 valence electrons. The number of hydrogen-bond acceptors (Lipinski definition) is 5. The van der Waals surface area contributed by atoms with Crippen LogP contribution in [0, 0.1) is 19.7 Å². The van der Waals surface area contributed by atoms with Gasteiger partial charge in [-0.3, -0.25) is 0 Å². The number of sulfone groups is 1. The van der Waals surface area contributed by atoms with E-state index in [9.17, 15) is 12.8 Å². The molecule has 24 heavy (non-hydrogen) atoms. The summed E-state index contributed by atoms with van der Waals surface area (Å²) in [5.74, 6) is -0.202. The molecule has 0 fully saturated rings. The number of fused-ring (bicyclic) bond motifs is 1. The molecule has 0 unspecified atom stereocenters. The Balaban J connectivity index is 2.39. The summed E-state index contributed by atoms with van der Waals surface area (Å²) in [6, 6.07) is 6.57. The Morgan fingerprint density at radius 1 is 1.12 bits per heavy atom. The molecule has 0 amide bonds. The third kappa shape index (κ3) is 2.52. The van der Waals surface area contributed by atoms with Gasteiger partial charge in [-0.15, -0.1) is 5.10 Å². The first kappa shape index (κ1) is 16.4. The van der Waals surface area contributed by atoms with Crippen LogP contribution in [0.5, 0.6) is 0 Å². The normalized spacial score (nSPS) is 11.9. The molecule has 1 aromatic carbocycles. The molecule has 3 aromatic rings. The molecular formula is C16H17FN4O2S. The van der Waals surface area contributed by atoms with E-state index in [4.69, 9.17) is 0 Å². The Labute approximate surface area is 139 Å². The maximum Gasteiger partial charge on any atom is 0.214 e. The highest BCUT2D eigenvalue weighted by atomic mass is 32.2. The number of benzene rings is 1. The SMILES string of the molecule is Cc1cc(C)n2nc(N(C)C)c(S(=O)(=O)c3ccc(F)cc3)c2n1. The van der Waals surface area contributed by atoms with Gasteiger partial charge >= 0.3 is 0 Å². The number of anilines is 1. The maximum atomic E-state index is 13.2. The summed E-state index contributed by atoms with van der Waals surface area (Å²) < 4.78 is 40.9. The van der Waals surface area contributed by atoms with Gasteiger partial charge in [0.15, 0.2) is 16.4 Å². The Morgan fingerprint density at radius 3 is 2.33 bits per heavy atom. The number of hydrogen-bond donors (Lipinski definition) is 0. The van der Waals surface area contributed by atoms with Gasteiger partial charge in [0.2, 0.25) is 9.84 Å². The molecule has 0 aliphatic heterocycles. The molecule has 0 N–H and O–H groups in total. The Morgan fingerprint density at radius 2 is 1.75 bits per heavy atom. The Bertz CT molecular complexity index is 1020. The first-order valence-electron chi connectivity index (χ1n) is 7.27. The summed E-state index contributed by atoms with van der Waals surface area (Å²) >= 11 is 0. The fourth-order valence-electron chi connectivity index (χ4n) is 2.55. The van der Waals surface area contributed by atoms with Gasteiger partial charge in [0.25, 0.3) is 0 Å². The molecule has 0 atom stereocenters. The molecule has 2 aromatic heterocycles. The molecule has 3 rings (SSSR count). The molecule has 0 bridgehead atoms. The average molecular weight is 348 g/mol. The molecular weight excluding hydrogens is 331 g/mol. The second kappa shape index (κ2) is 5.55. The highest BCUT2D eigenvalue weighted by molar-refractivity contribution is 7.91. The lowest BCUT2D eigenvalue weighted by molar-refractivity contribution is 0.595. The monoisotopic (exact) mass is 348 g/mol. The van der Waals surface area contributed by atoms with Crippen LogP contribution in [-0.2, 0) is 9.84 Å². The highest BCUT2D eigenvalue weighted by Crippen LogP contribution is 2.32. The molecule has 0 spiro atoms. The molecule has 6 nitrogen and oxygen atoms in total. The number of rotatable bonds is 3. The van der Waals surface area contributed by atoms with Crippen LogP contribution in [0.1, 0.15) is 11.4 Å². The van der Waals surface area contributed by atoms with Crippen LogP contribution in [0.15, 0.2) is 40.1 Å². The van der Waals surface area contributed by atoms with Gasteiger partial charge in [0.1, 0.15) is 5.82 Å². The van der Waals surface area contributed by atoms with Crippen molar-refractivity contribution in [3.8, 4) is 0 Å². The smallest absolute Gasteiger partial charge is 0.214 e. The summed E-state index contributed by atoms with van der Waals surface area (Å²) in [4.78, 5) is 6.02. The van der Waals surface area contributed by atoms with Crippen molar-refractivity contribution >= 4 is 21.3 Å². The standard InChI is InChI=1S/C16H17FN4O2S/c1-10-9-11(2)21-15(18-10)14(16(19-21)20(3)4)24(22,23)13-7-5-12(17)6-8-13/h5-9H,1-4H3. The highest BCUT2D eigenvalue weighted by Gasteiger charge is 2.30. The minimum atomic E-state index is -3.90. The molecule has 2 heterocycles. The van der Waals surface area contributed by atoms with Gasteiger partial charge in [-0.1, -0.05) is 0 Å². The number of nitrogens with zero attached hydrogens (tertiary/aromatic N) is 4. The molecule has 8 heteroatoms. The quantitative estimate of drug-likeness (QED) is 0.680. The van der Waals surface area contributed by atoms with Gasteiger partial charge < -0.3 is 4.90 Å².